The summed E-state index contributed by atoms with van der Waals surface area (Å²) >= 11 is 0. The number of aromatic nitrogens is 2. The molecule has 0 radical (unpaired) electrons. The van der Waals surface area contributed by atoms with Crippen molar-refractivity contribution in [3.8, 4) is 0 Å². The molecule has 1 amide bonds. The van der Waals surface area contributed by atoms with Crippen molar-refractivity contribution >= 4 is 36.0 Å². The molecule has 0 spiro atoms. The number of ether oxygens (including phenoxy) is 1. The summed E-state index contributed by atoms with van der Waals surface area (Å²) in [6.07, 6.45) is -0.231. The summed E-state index contributed by atoms with van der Waals surface area (Å²) in [4.78, 5) is 20.6. The van der Waals surface area contributed by atoms with Crippen LogP contribution in [0.3, 0.4) is 0 Å². The lowest BCUT2D eigenvalue weighted by molar-refractivity contribution is 0.0914. The number of hydrogen-bond acceptors (Lipinski definition) is 4. The molecule has 1 aromatic rings. The Kier molecular flexibility index (Phi) is 9.17. The molecular formula is C17H31IN6O2. The van der Waals surface area contributed by atoms with E-state index in [0.717, 1.165) is 37.0 Å². The third kappa shape index (κ3) is 5.49. The third-order valence-electron chi connectivity index (χ3n) is 4.49. The molecule has 148 valence electrons. The Bertz CT molecular complexity index is 623. The lowest BCUT2D eigenvalue weighted by Crippen LogP contribution is -2.53. The van der Waals surface area contributed by atoms with E-state index in [1.807, 2.05) is 25.6 Å². The molecule has 0 atom stereocenters. The van der Waals surface area contributed by atoms with Gasteiger partial charge < -0.3 is 19.9 Å². The lowest BCUT2D eigenvalue weighted by atomic mass is 10.2. The minimum Gasteiger partial charge on any atom is -0.450 e. The summed E-state index contributed by atoms with van der Waals surface area (Å²) in [5, 5.41) is 7.80. The first-order valence-electron chi connectivity index (χ1n) is 8.91. The highest BCUT2D eigenvalue weighted by Gasteiger charge is 2.23. The minimum absolute atomic E-state index is 0. The lowest BCUT2D eigenvalue weighted by Gasteiger charge is -2.35. The number of nitrogens with one attached hydrogen (secondary N) is 1. The van der Waals surface area contributed by atoms with Gasteiger partial charge in [-0.15, -0.1) is 24.0 Å². The molecule has 0 unspecified atom stereocenters. The van der Waals surface area contributed by atoms with Crippen molar-refractivity contribution in [3.63, 3.8) is 0 Å². The van der Waals surface area contributed by atoms with E-state index in [0.29, 0.717) is 26.2 Å². The van der Waals surface area contributed by atoms with E-state index in [4.69, 9.17) is 9.73 Å². The average Bonchev–Trinajstić information content (AvgIpc) is 2.84. The van der Waals surface area contributed by atoms with E-state index < -0.39 is 0 Å². The van der Waals surface area contributed by atoms with Crippen LogP contribution in [0.4, 0.5) is 4.79 Å². The van der Waals surface area contributed by atoms with E-state index in [1.54, 1.807) is 4.90 Å². The summed E-state index contributed by atoms with van der Waals surface area (Å²) in [7, 11) is 1.95. The summed E-state index contributed by atoms with van der Waals surface area (Å²) in [5.41, 5.74) is 3.33. The van der Waals surface area contributed by atoms with Gasteiger partial charge in [0.25, 0.3) is 0 Å². The first-order valence-corrected chi connectivity index (χ1v) is 8.91. The fourth-order valence-electron chi connectivity index (χ4n) is 2.94. The van der Waals surface area contributed by atoms with Crippen molar-refractivity contribution in [2.45, 2.75) is 34.2 Å². The highest BCUT2D eigenvalue weighted by molar-refractivity contribution is 14.0. The van der Waals surface area contributed by atoms with Gasteiger partial charge in [0.15, 0.2) is 5.96 Å². The SMILES string of the molecule is CCNC(=NCc1c(C)nn(C)c1C)N1CCN(C(=O)OCC)CC1.I. The van der Waals surface area contributed by atoms with Crippen molar-refractivity contribution in [2.75, 3.05) is 39.3 Å². The second-order valence-corrected chi connectivity index (χ2v) is 6.12. The summed E-state index contributed by atoms with van der Waals surface area (Å²) < 4.78 is 6.97. The summed E-state index contributed by atoms with van der Waals surface area (Å²) in [6, 6.07) is 0. The van der Waals surface area contributed by atoms with Gasteiger partial charge in [0.2, 0.25) is 0 Å². The van der Waals surface area contributed by atoms with Crippen LogP contribution in [-0.4, -0.2) is 71.0 Å². The highest BCUT2D eigenvalue weighted by atomic mass is 127. The van der Waals surface area contributed by atoms with Gasteiger partial charge >= 0.3 is 6.09 Å². The van der Waals surface area contributed by atoms with Crippen LogP contribution in [0.5, 0.6) is 0 Å². The molecule has 1 aromatic heterocycles. The van der Waals surface area contributed by atoms with Gasteiger partial charge in [0, 0.05) is 51.0 Å². The maximum atomic E-state index is 11.8. The minimum atomic E-state index is -0.231. The van der Waals surface area contributed by atoms with Gasteiger partial charge in [-0.1, -0.05) is 0 Å². The molecule has 1 aliphatic rings. The molecule has 1 aliphatic heterocycles. The number of rotatable bonds is 4. The van der Waals surface area contributed by atoms with E-state index in [2.05, 4.69) is 29.2 Å². The van der Waals surface area contributed by atoms with Crippen LogP contribution in [0, 0.1) is 13.8 Å². The van der Waals surface area contributed by atoms with Gasteiger partial charge in [-0.25, -0.2) is 9.79 Å². The Balaban J connectivity index is 0.00000338. The fraction of sp³-hybridized carbons (Fsp3) is 0.706. The fourth-order valence-corrected chi connectivity index (χ4v) is 2.94. The number of nitrogens with zero attached hydrogens (tertiary/aromatic N) is 5. The zero-order valence-electron chi connectivity index (χ0n) is 16.4. The molecule has 1 fully saturated rings. The topological polar surface area (TPSA) is 75.0 Å². The normalized spacial score (nSPS) is 14.9. The Labute approximate surface area is 173 Å². The third-order valence-corrected chi connectivity index (χ3v) is 4.49. The van der Waals surface area contributed by atoms with Crippen LogP contribution in [0.2, 0.25) is 0 Å². The first kappa shape index (κ1) is 22.5. The predicted molar refractivity (Wildman–Crippen MR) is 113 cm³/mol. The van der Waals surface area contributed by atoms with E-state index >= 15 is 0 Å². The van der Waals surface area contributed by atoms with Crippen molar-refractivity contribution in [3.05, 3.63) is 17.0 Å². The number of piperazine rings is 1. The smallest absolute Gasteiger partial charge is 0.409 e. The Morgan fingerprint density at radius 1 is 1.19 bits per heavy atom. The van der Waals surface area contributed by atoms with Gasteiger partial charge in [0.1, 0.15) is 0 Å². The van der Waals surface area contributed by atoms with Gasteiger partial charge in [0.05, 0.1) is 18.8 Å². The van der Waals surface area contributed by atoms with Crippen molar-refractivity contribution in [1.29, 1.82) is 0 Å². The van der Waals surface area contributed by atoms with Crippen molar-refractivity contribution < 1.29 is 9.53 Å². The summed E-state index contributed by atoms with van der Waals surface area (Å²) in [6.45, 7) is 12.6. The number of aliphatic imine (C=N–C) groups is 1. The molecule has 1 N–H and O–H groups in total. The summed E-state index contributed by atoms with van der Waals surface area (Å²) in [5.74, 6) is 0.883. The zero-order valence-corrected chi connectivity index (χ0v) is 18.7. The maximum absolute atomic E-state index is 11.8. The highest BCUT2D eigenvalue weighted by Crippen LogP contribution is 2.13. The van der Waals surface area contributed by atoms with Gasteiger partial charge in [-0.05, 0) is 27.7 Å². The van der Waals surface area contributed by atoms with Crippen LogP contribution in [0.15, 0.2) is 4.99 Å². The number of halogens is 1. The molecule has 26 heavy (non-hydrogen) atoms. The molecule has 0 bridgehead atoms. The standard InChI is InChI=1S/C17H30N6O2.HI/c1-6-18-16(19-12-15-13(3)20-21(5)14(15)4)22-8-10-23(11-9-22)17(24)25-7-2;/h6-12H2,1-5H3,(H,18,19);1H. The van der Waals surface area contributed by atoms with Crippen LogP contribution in [-0.2, 0) is 18.3 Å². The Morgan fingerprint density at radius 3 is 2.31 bits per heavy atom. The number of guanidine groups is 1. The molecule has 0 aliphatic carbocycles. The van der Waals surface area contributed by atoms with E-state index in [-0.39, 0.29) is 30.1 Å². The molecule has 2 rings (SSSR count). The van der Waals surface area contributed by atoms with Crippen molar-refractivity contribution in [2.24, 2.45) is 12.0 Å². The number of amides is 1. The van der Waals surface area contributed by atoms with E-state index in [9.17, 15) is 4.79 Å². The molecule has 1 saturated heterocycles. The number of carbonyl (C=O) groups excluding carboxylic acids is 1. The molecule has 2 heterocycles. The number of carbonyl (C=O) groups is 1. The van der Waals surface area contributed by atoms with Crippen LogP contribution in [0.25, 0.3) is 0 Å². The van der Waals surface area contributed by atoms with Crippen molar-refractivity contribution in [1.82, 2.24) is 24.9 Å². The zero-order chi connectivity index (χ0) is 18.4. The van der Waals surface area contributed by atoms with Gasteiger partial charge in [-0.2, -0.15) is 5.10 Å². The Morgan fingerprint density at radius 2 is 1.81 bits per heavy atom. The van der Waals surface area contributed by atoms with E-state index in [1.165, 1.54) is 5.56 Å². The maximum Gasteiger partial charge on any atom is 0.409 e. The number of aryl methyl sites for hydroxylation is 2. The van der Waals surface area contributed by atoms with Crippen LogP contribution in [0.1, 0.15) is 30.8 Å². The second kappa shape index (κ2) is 10.6. The second-order valence-electron chi connectivity index (χ2n) is 6.12. The van der Waals surface area contributed by atoms with Gasteiger partial charge in [-0.3, -0.25) is 4.68 Å². The molecule has 0 saturated carbocycles. The number of hydrogen-bond donors (Lipinski definition) is 1. The molecule has 0 aromatic carbocycles. The first-order chi connectivity index (χ1) is 12.0. The quantitative estimate of drug-likeness (QED) is 0.407. The molecular weight excluding hydrogens is 447 g/mol. The molecule has 9 heteroatoms. The largest absolute Gasteiger partial charge is 0.450 e. The predicted octanol–water partition coefficient (Wildman–Crippen LogP) is 1.89. The average molecular weight is 478 g/mol. The monoisotopic (exact) mass is 478 g/mol. The Hall–Kier alpha value is -1.52. The van der Waals surface area contributed by atoms with Crippen LogP contribution < -0.4 is 5.32 Å². The molecule has 8 nitrogen and oxygen atoms in total. The van der Waals surface area contributed by atoms with Crippen LogP contribution >= 0.6 is 24.0 Å².